The van der Waals surface area contributed by atoms with Crippen LogP contribution < -0.4 is 0 Å². The van der Waals surface area contributed by atoms with Crippen molar-refractivity contribution in [1.82, 2.24) is 4.90 Å². The first-order valence-corrected chi connectivity index (χ1v) is 5.66. The summed E-state index contributed by atoms with van der Waals surface area (Å²) in [5.74, 6) is -1.15. The topological polar surface area (TPSA) is 66.8 Å². The van der Waals surface area contributed by atoms with E-state index in [-0.39, 0.29) is 18.6 Å². The number of ether oxygens (including phenoxy) is 1. The van der Waals surface area contributed by atoms with Crippen molar-refractivity contribution in [2.24, 2.45) is 0 Å². The summed E-state index contributed by atoms with van der Waals surface area (Å²) in [4.78, 5) is 24.0. The lowest BCUT2D eigenvalue weighted by Crippen LogP contribution is -2.44. The molecule has 16 heavy (non-hydrogen) atoms. The number of rotatable bonds is 4. The van der Waals surface area contributed by atoms with Gasteiger partial charge in [-0.2, -0.15) is 0 Å². The molecule has 1 heterocycles. The van der Waals surface area contributed by atoms with Crippen LogP contribution in [0.25, 0.3) is 0 Å². The van der Waals surface area contributed by atoms with Gasteiger partial charge in [-0.05, 0) is 33.1 Å². The zero-order valence-corrected chi connectivity index (χ0v) is 9.81. The van der Waals surface area contributed by atoms with Gasteiger partial charge in [0.1, 0.15) is 6.61 Å². The predicted molar refractivity (Wildman–Crippen MR) is 58.1 cm³/mol. The van der Waals surface area contributed by atoms with Crippen LogP contribution in [-0.2, 0) is 14.3 Å². The Balaban J connectivity index is 2.36. The molecule has 1 fully saturated rings. The van der Waals surface area contributed by atoms with Gasteiger partial charge in [0.05, 0.1) is 0 Å². The SMILES string of the molecule is CC1CCCCN1C(=O)CO[C@@H](C)C(=O)O. The normalized spacial score (nSPS) is 22.9. The van der Waals surface area contributed by atoms with Crippen molar-refractivity contribution in [2.45, 2.75) is 45.3 Å². The number of carboxylic acid groups (broad SMARTS) is 1. The number of nitrogens with zero attached hydrogens (tertiary/aromatic N) is 1. The van der Waals surface area contributed by atoms with Crippen molar-refractivity contribution in [2.75, 3.05) is 13.2 Å². The molecule has 0 aromatic rings. The number of hydrogen-bond acceptors (Lipinski definition) is 3. The second kappa shape index (κ2) is 5.84. The first kappa shape index (κ1) is 13.0. The van der Waals surface area contributed by atoms with E-state index in [0.717, 1.165) is 25.8 Å². The number of amides is 1. The van der Waals surface area contributed by atoms with E-state index in [1.54, 1.807) is 4.90 Å². The number of carbonyl (C=O) groups excluding carboxylic acids is 1. The molecule has 1 aliphatic rings. The van der Waals surface area contributed by atoms with Crippen molar-refractivity contribution < 1.29 is 19.4 Å². The molecule has 0 bridgehead atoms. The molecule has 5 heteroatoms. The van der Waals surface area contributed by atoms with Crippen LogP contribution in [0.2, 0.25) is 0 Å². The lowest BCUT2D eigenvalue weighted by Gasteiger charge is -2.33. The molecule has 0 saturated carbocycles. The minimum Gasteiger partial charge on any atom is -0.479 e. The largest absolute Gasteiger partial charge is 0.479 e. The van der Waals surface area contributed by atoms with Crippen molar-refractivity contribution in [3.05, 3.63) is 0 Å². The van der Waals surface area contributed by atoms with E-state index in [1.807, 2.05) is 6.92 Å². The average Bonchev–Trinajstić information content (AvgIpc) is 2.25. The van der Waals surface area contributed by atoms with Crippen LogP contribution in [0.4, 0.5) is 0 Å². The Morgan fingerprint density at radius 2 is 2.19 bits per heavy atom. The summed E-state index contributed by atoms with van der Waals surface area (Å²) in [7, 11) is 0. The molecule has 0 spiro atoms. The summed E-state index contributed by atoms with van der Waals surface area (Å²) in [5, 5.41) is 8.61. The molecule has 0 aliphatic carbocycles. The average molecular weight is 229 g/mol. The fourth-order valence-corrected chi connectivity index (χ4v) is 1.82. The van der Waals surface area contributed by atoms with Crippen LogP contribution in [0.15, 0.2) is 0 Å². The van der Waals surface area contributed by atoms with Crippen molar-refractivity contribution in [1.29, 1.82) is 0 Å². The summed E-state index contributed by atoms with van der Waals surface area (Å²) in [6, 6.07) is 0.241. The number of hydrogen-bond donors (Lipinski definition) is 1. The highest BCUT2D eigenvalue weighted by atomic mass is 16.5. The van der Waals surface area contributed by atoms with Crippen LogP contribution in [0, 0.1) is 0 Å². The van der Waals surface area contributed by atoms with E-state index in [0.29, 0.717) is 0 Å². The van der Waals surface area contributed by atoms with Gasteiger partial charge in [0.15, 0.2) is 6.10 Å². The third-order valence-electron chi connectivity index (χ3n) is 2.93. The Labute approximate surface area is 95.4 Å². The maximum atomic E-state index is 11.7. The summed E-state index contributed by atoms with van der Waals surface area (Å²) in [6.45, 7) is 4.05. The second-order valence-electron chi connectivity index (χ2n) is 4.22. The fraction of sp³-hybridized carbons (Fsp3) is 0.818. The number of carboxylic acids is 1. The number of aliphatic carboxylic acids is 1. The van der Waals surface area contributed by atoms with E-state index in [2.05, 4.69) is 0 Å². The van der Waals surface area contributed by atoms with Crippen molar-refractivity contribution >= 4 is 11.9 Å². The van der Waals surface area contributed by atoms with E-state index < -0.39 is 12.1 Å². The highest BCUT2D eigenvalue weighted by Crippen LogP contribution is 2.16. The Morgan fingerprint density at radius 3 is 2.75 bits per heavy atom. The van der Waals surface area contributed by atoms with Crippen LogP contribution >= 0.6 is 0 Å². The van der Waals surface area contributed by atoms with Crippen LogP contribution in [0.1, 0.15) is 33.1 Å². The van der Waals surface area contributed by atoms with Gasteiger partial charge in [0, 0.05) is 12.6 Å². The molecule has 1 saturated heterocycles. The van der Waals surface area contributed by atoms with E-state index in [9.17, 15) is 9.59 Å². The summed E-state index contributed by atoms with van der Waals surface area (Å²) >= 11 is 0. The quantitative estimate of drug-likeness (QED) is 0.777. The molecule has 1 rings (SSSR count). The predicted octanol–water partition coefficient (Wildman–Crippen LogP) is 0.877. The fourth-order valence-electron chi connectivity index (χ4n) is 1.82. The molecular weight excluding hydrogens is 210 g/mol. The van der Waals surface area contributed by atoms with E-state index in [4.69, 9.17) is 9.84 Å². The Hall–Kier alpha value is -1.10. The lowest BCUT2D eigenvalue weighted by molar-refractivity contribution is -0.153. The molecule has 1 N–H and O–H groups in total. The molecule has 92 valence electrons. The zero-order chi connectivity index (χ0) is 12.1. The van der Waals surface area contributed by atoms with Crippen LogP contribution in [0.5, 0.6) is 0 Å². The first-order valence-electron chi connectivity index (χ1n) is 5.66. The van der Waals surface area contributed by atoms with Gasteiger partial charge in [-0.3, -0.25) is 4.79 Å². The molecule has 1 aliphatic heterocycles. The minimum atomic E-state index is -1.04. The first-order chi connectivity index (χ1) is 7.52. The van der Waals surface area contributed by atoms with Crippen molar-refractivity contribution in [3.63, 3.8) is 0 Å². The smallest absolute Gasteiger partial charge is 0.332 e. The monoisotopic (exact) mass is 229 g/mol. The number of piperidine rings is 1. The van der Waals surface area contributed by atoms with Gasteiger partial charge >= 0.3 is 5.97 Å². The molecule has 1 amide bonds. The summed E-state index contributed by atoms with van der Waals surface area (Å²) in [6.07, 6.45) is 2.26. The van der Waals surface area contributed by atoms with E-state index >= 15 is 0 Å². The van der Waals surface area contributed by atoms with Gasteiger partial charge in [-0.1, -0.05) is 0 Å². The summed E-state index contributed by atoms with van der Waals surface area (Å²) in [5.41, 5.74) is 0. The van der Waals surface area contributed by atoms with Crippen LogP contribution in [0.3, 0.4) is 0 Å². The summed E-state index contributed by atoms with van der Waals surface area (Å²) < 4.78 is 4.98. The molecule has 1 unspecified atom stereocenters. The van der Waals surface area contributed by atoms with E-state index in [1.165, 1.54) is 6.92 Å². The Kier molecular flexibility index (Phi) is 4.73. The van der Waals surface area contributed by atoms with Gasteiger partial charge in [-0.15, -0.1) is 0 Å². The third kappa shape index (κ3) is 3.48. The standard InChI is InChI=1S/C11H19NO4/c1-8-5-3-4-6-12(8)10(13)7-16-9(2)11(14)15/h8-9H,3-7H2,1-2H3,(H,14,15)/t8?,9-/m0/s1. The number of likely N-dealkylation sites (tertiary alicyclic amines) is 1. The zero-order valence-electron chi connectivity index (χ0n) is 9.81. The van der Waals surface area contributed by atoms with Crippen LogP contribution in [-0.4, -0.2) is 47.2 Å². The molecule has 2 atom stereocenters. The Bertz CT molecular complexity index is 267. The highest BCUT2D eigenvalue weighted by molar-refractivity contribution is 5.78. The highest BCUT2D eigenvalue weighted by Gasteiger charge is 2.24. The maximum absolute atomic E-state index is 11.7. The molecule has 0 aromatic heterocycles. The molecule has 0 aromatic carbocycles. The molecule has 5 nitrogen and oxygen atoms in total. The molecule has 0 radical (unpaired) electrons. The second-order valence-corrected chi connectivity index (χ2v) is 4.22. The van der Waals surface area contributed by atoms with Gasteiger partial charge < -0.3 is 14.7 Å². The van der Waals surface area contributed by atoms with Gasteiger partial charge in [0.25, 0.3) is 0 Å². The third-order valence-corrected chi connectivity index (χ3v) is 2.93. The van der Waals surface area contributed by atoms with Gasteiger partial charge in [0.2, 0.25) is 5.91 Å². The molecular formula is C11H19NO4. The maximum Gasteiger partial charge on any atom is 0.332 e. The number of carbonyl (C=O) groups is 2. The van der Waals surface area contributed by atoms with Gasteiger partial charge in [-0.25, -0.2) is 4.79 Å². The minimum absolute atomic E-state index is 0.111. The Morgan fingerprint density at radius 1 is 1.50 bits per heavy atom. The lowest BCUT2D eigenvalue weighted by atomic mass is 10.0. The van der Waals surface area contributed by atoms with Crippen molar-refractivity contribution in [3.8, 4) is 0 Å².